The molecule has 1 N–H and O–H groups in total. The lowest BCUT2D eigenvalue weighted by molar-refractivity contribution is 0.141. The fraction of sp³-hybridized carbons (Fsp3) is 0.500. The van der Waals surface area contributed by atoms with Crippen LogP contribution in [0.15, 0.2) is 43.0 Å². The molecular weight excluding hydrogens is 220 g/mol. The number of nitrogens with zero attached hydrogens (tertiary/aromatic N) is 1. The first-order valence-corrected chi connectivity index (χ1v) is 6.98. The van der Waals surface area contributed by atoms with Crippen molar-refractivity contribution >= 4 is 0 Å². The molecule has 2 nitrogen and oxygen atoms in total. The number of hydrogen-bond acceptors (Lipinski definition) is 2. The van der Waals surface area contributed by atoms with Gasteiger partial charge in [0.2, 0.25) is 0 Å². The third kappa shape index (κ3) is 3.21. The van der Waals surface area contributed by atoms with Gasteiger partial charge in [0, 0.05) is 31.7 Å². The van der Waals surface area contributed by atoms with Gasteiger partial charge in [-0.15, -0.1) is 6.58 Å². The van der Waals surface area contributed by atoms with Gasteiger partial charge in [-0.05, 0) is 12.0 Å². The Kier molecular flexibility index (Phi) is 4.97. The Bertz CT molecular complexity index is 361. The van der Waals surface area contributed by atoms with Crippen molar-refractivity contribution < 1.29 is 0 Å². The van der Waals surface area contributed by atoms with Crippen LogP contribution in [0.1, 0.15) is 31.4 Å². The molecule has 2 rings (SSSR count). The maximum atomic E-state index is 3.89. The van der Waals surface area contributed by atoms with Crippen molar-refractivity contribution in [3.63, 3.8) is 0 Å². The number of piperazine rings is 1. The highest BCUT2D eigenvalue weighted by Gasteiger charge is 2.27. The maximum absolute atomic E-state index is 3.89. The lowest BCUT2D eigenvalue weighted by atomic mass is 9.99. The van der Waals surface area contributed by atoms with E-state index in [4.69, 9.17) is 0 Å². The summed E-state index contributed by atoms with van der Waals surface area (Å²) in [6, 6.07) is 11.9. The minimum Gasteiger partial charge on any atom is -0.311 e. The number of rotatable bonds is 5. The van der Waals surface area contributed by atoms with E-state index in [1.807, 2.05) is 6.08 Å². The highest BCUT2D eigenvalue weighted by molar-refractivity contribution is 5.20. The van der Waals surface area contributed by atoms with Gasteiger partial charge in [-0.25, -0.2) is 0 Å². The van der Waals surface area contributed by atoms with E-state index in [1.165, 1.54) is 18.4 Å². The van der Waals surface area contributed by atoms with Gasteiger partial charge in [0.05, 0.1) is 0 Å². The molecule has 1 heterocycles. The topological polar surface area (TPSA) is 15.3 Å². The second-order valence-corrected chi connectivity index (χ2v) is 5.06. The van der Waals surface area contributed by atoms with Gasteiger partial charge in [0.1, 0.15) is 0 Å². The van der Waals surface area contributed by atoms with Crippen molar-refractivity contribution in [2.24, 2.45) is 0 Å². The molecule has 0 amide bonds. The molecule has 1 aromatic rings. The van der Waals surface area contributed by atoms with Gasteiger partial charge < -0.3 is 5.32 Å². The molecule has 1 aromatic carbocycles. The summed E-state index contributed by atoms with van der Waals surface area (Å²) in [5.74, 6) is 0. The Labute approximate surface area is 111 Å². The zero-order valence-electron chi connectivity index (χ0n) is 11.3. The van der Waals surface area contributed by atoms with E-state index in [0.717, 1.165) is 19.6 Å². The molecule has 98 valence electrons. The summed E-state index contributed by atoms with van der Waals surface area (Å²) in [5, 5.41) is 3.68. The van der Waals surface area contributed by atoms with Crippen molar-refractivity contribution in [1.29, 1.82) is 0 Å². The van der Waals surface area contributed by atoms with Gasteiger partial charge >= 0.3 is 0 Å². The first-order valence-electron chi connectivity index (χ1n) is 6.98. The summed E-state index contributed by atoms with van der Waals surface area (Å²) in [6.45, 7) is 9.29. The molecule has 2 heteroatoms. The Hall–Kier alpha value is -1.12. The standard InChI is InChI=1S/C16H24N2/c1-3-8-15-13-18(11-4-2)16(12-17-15)14-9-6-5-7-10-14/h4-7,9-10,15-17H,2-3,8,11-13H2,1H3. The van der Waals surface area contributed by atoms with Crippen LogP contribution in [0, 0.1) is 0 Å². The van der Waals surface area contributed by atoms with Crippen molar-refractivity contribution in [2.75, 3.05) is 19.6 Å². The van der Waals surface area contributed by atoms with Crippen LogP contribution in [0.5, 0.6) is 0 Å². The van der Waals surface area contributed by atoms with Crippen molar-refractivity contribution in [3.8, 4) is 0 Å². The fourth-order valence-corrected chi connectivity index (χ4v) is 2.80. The van der Waals surface area contributed by atoms with Crippen LogP contribution >= 0.6 is 0 Å². The normalized spacial score (nSPS) is 24.9. The van der Waals surface area contributed by atoms with Gasteiger partial charge in [0.15, 0.2) is 0 Å². The van der Waals surface area contributed by atoms with E-state index in [1.54, 1.807) is 0 Å². The van der Waals surface area contributed by atoms with Gasteiger partial charge in [-0.1, -0.05) is 49.8 Å². The predicted octanol–water partition coefficient (Wildman–Crippen LogP) is 2.99. The number of hydrogen-bond donors (Lipinski definition) is 1. The maximum Gasteiger partial charge on any atom is 0.0476 e. The lowest BCUT2D eigenvalue weighted by Gasteiger charge is -2.40. The molecule has 18 heavy (non-hydrogen) atoms. The van der Waals surface area contributed by atoms with E-state index >= 15 is 0 Å². The van der Waals surface area contributed by atoms with Crippen molar-refractivity contribution in [3.05, 3.63) is 48.6 Å². The average molecular weight is 244 g/mol. The summed E-state index contributed by atoms with van der Waals surface area (Å²) >= 11 is 0. The zero-order chi connectivity index (χ0) is 12.8. The third-order valence-electron chi connectivity index (χ3n) is 3.68. The number of benzene rings is 1. The van der Waals surface area contributed by atoms with Crippen LogP contribution in [-0.4, -0.2) is 30.6 Å². The van der Waals surface area contributed by atoms with Gasteiger partial charge in [-0.3, -0.25) is 4.90 Å². The summed E-state index contributed by atoms with van der Waals surface area (Å²) in [4.78, 5) is 2.54. The molecule has 2 unspecified atom stereocenters. The lowest BCUT2D eigenvalue weighted by Crippen LogP contribution is -2.52. The first-order chi connectivity index (χ1) is 8.85. The first kappa shape index (κ1) is 13.3. The Morgan fingerprint density at radius 2 is 2.17 bits per heavy atom. The summed E-state index contributed by atoms with van der Waals surface area (Å²) in [7, 11) is 0. The molecular formula is C16H24N2. The van der Waals surface area contributed by atoms with Crippen LogP contribution in [0.2, 0.25) is 0 Å². The van der Waals surface area contributed by atoms with Crippen LogP contribution in [0.3, 0.4) is 0 Å². The Morgan fingerprint density at radius 1 is 1.39 bits per heavy atom. The Morgan fingerprint density at radius 3 is 2.83 bits per heavy atom. The van der Waals surface area contributed by atoms with E-state index in [2.05, 4.69) is 54.1 Å². The Balaban J connectivity index is 2.08. The second kappa shape index (κ2) is 6.72. The van der Waals surface area contributed by atoms with E-state index in [-0.39, 0.29) is 0 Å². The summed E-state index contributed by atoms with van der Waals surface area (Å²) in [6.07, 6.45) is 4.52. The van der Waals surface area contributed by atoms with E-state index < -0.39 is 0 Å². The summed E-state index contributed by atoms with van der Waals surface area (Å²) in [5.41, 5.74) is 1.40. The van der Waals surface area contributed by atoms with Crippen LogP contribution in [0.4, 0.5) is 0 Å². The molecule has 0 bridgehead atoms. The number of nitrogens with one attached hydrogen (secondary N) is 1. The molecule has 1 aliphatic heterocycles. The molecule has 0 aliphatic carbocycles. The fourth-order valence-electron chi connectivity index (χ4n) is 2.80. The highest BCUT2D eigenvalue weighted by atomic mass is 15.2. The molecule has 1 saturated heterocycles. The minimum absolute atomic E-state index is 0.484. The molecule has 0 radical (unpaired) electrons. The van der Waals surface area contributed by atoms with Gasteiger partial charge in [-0.2, -0.15) is 0 Å². The van der Waals surface area contributed by atoms with Crippen LogP contribution in [-0.2, 0) is 0 Å². The van der Waals surface area contributed by atoms with Crippen LogP contribution < -0.4 is 5.32 Å². The smallest absolute Gasteiger partial charge is 0.0476 e. The quantitative estimate of drug-likeness (QED) is 0.801. The van der Waals surface area contributed by atoms with Crippen molar-refractivity contribution in [1.82, 2.24) is 10.2 Å². The molecule has 0 spiro atoms. The highest BCUT2D eigenvalue weighted by Crippen LogP contribution is 2.24. The third-order valence-corrected chi connectivity index (χ3v) is 3.68. The zero-order valence-corrected chi connectivity index (χ0v) is 11.3. The molecule has 0 aromatic heterocycles. The largest absolute Gasteiger partial charge is 0.311 e. The molecule has 2 atom stereocenters. The van der Waals surface area contributed by atoms with Gasteiger partial charge in [0.25, 0.3) is 0 Å². The van der Waals surface area contributed by atoms with Crippen LogP contribution in [0.25, 0.3) is 0 Å². The second-order valence-electron chi connectivity index (χ2n) is 5.06. The molecule has 1 fully saturated rings. The van der Waals surface area contributed by atoms with E-state index in [9.17, 15) is 0 Å². The summed E-state index contributed by atoms with van der Waals surface area (Å²) < 4.78 is 0. The predicted molar refractivity (Wildman–Crippen MR) is 77.7 cm³/mol. The molecule has 0 saturated carbocycles. The molecule has 1 aliphatic rings. The van der Waals surface area contributed by atoms with E-state index in [0.29, 0.717) is 12.1 Å². The minimum atomic E-state index is 0.484. The van der Waals surface area contributed by atoms with Crippen molar-refractivity contribution in [2.45, 2.75) is 31.8 Å². The monoisotopic (exact) mass is 244 g/mol. The average Bonchev–Trinajstić information content (AvgIpc) is 2.41. The SMILES string of the molecule is C=CCN1CC(CCC)NCC1c1ccccc1.